The Morgan fingerprint density at radius 2 is 1.81 bits per heavy atom. The largest absolute Gasteiger partial charge is 0.389 e. The van der Waals surface area contributed by atoms with Crippen molar-refractivity contribution in [2.24, 2.45) is 5.41 Å². The highest BCUT2D eigenvalue weighted by Gasteiger charge is 2.46. The Hall–Kier alpha value is -2.78. The fourth-order valence-electron chi connectivity index (χ4n) is 5.89. The van der Waals surface area contributed by atoms with Crippen LogP contribution >= 0.6 is 0 Å². The molecular formula is C28H41FN6O2. The van der Waals surface area contributed by atoms with Crippen LogP contribution in [0.1, 0.15) is 64.7 Å². The number of aliphatic hydroxyl groups is 1. The van der Waals surface area contributed by atoms with Crippen LogP contribution in [0.25, 0.3) is 0 Å². The lowest BCUT2D eigenvalue weighted by atomic mass is 9.71. The van der Waals surface area contributed by atoms with Crippen LogP contribution in [0.4, 0.5) is 21.6 Å². The van der Waals surface area contributed by atoms with Gasteiger partial charge in [-0.15, -0.1) is 0 Å². The van der Waals surface area contributed by atoms with E-state index in [4.69, 9.17) is 0 Å². The topological polar surface area (TPSA) is 84.8 Å². The van der Waals surface area contributed by atoms with Gasteiger partial charge < -0.3 is 20.2 Å². The summed E-state index contributed by atoms with van der Waals surface area (Å²) in [4.78, 5) is 28.6. The van der Waals surface area contributed by atoms with Crippen molar-refractivity contribution in [3.63, 3.8) is 0 Å². The van der Waals surface area contributed by atoms with Gasteiger partial charge in [0.05, 0.1) is 23.0 Å². The molecule has 1 aromatic heterocycles. The maximum Gasteiger partial charge on any atom is 0.256 e. The molecule has 3 heterocycles. The fourth-order valence-corrected chi connectivity index (χ4v) is 5.89. The van der Waals surface area contributed by atoms with Gasteiger partial charge in [0, 0.05) is 44.8 Å². The van der Waals surface area contributed by atoms with E-state index >= 15 is 0 Å². The van der Waals surface area contributed by atoms with Crippen LogP contribution in [0.2, 0.25) is 0 Å². The Morgan fingerprint density at radius 1 is 1.16 bits per heavy atom. The average molecular weight is 513 g/mol. The van der Waals surface area contributed by atoms with Crippen LogP contribution in [0.3, 0.4) is 0 Å². The number of carbonyl (C=O) groups excluding carboxylic acids is 1. The monoisotopic (exact) mass is 512 g/mol. The smallest absolute Gasteiger partial charge is 0.256 e. The second kappa shape index (κ2) is 10.5. The summed E-state index contributed by atoms with van der Waals surface area (Å²) in [7, 11) is 0. The molecule has 202 valence electrons. The zero-order valence-electron chi connectivity index (χ0n) is 23.0. The van der Waals surface area contributed by atoms with Crippen molar-refractivity contribution in [2.45, 2.75) is 72.1 Å². The van der Waals surface area contributed by atoms with Gasteiger partial charge >= 0.3 is 0 Å². The van der Waals surface area contributed by atoms with Gasteiger partial charge in [0.25, 0.3) is 5.91 Å². The van der Waals surface area contributed by atoms with Crippen molar-refractivity contribution in [3.05, 3.63) is 42.1 Å². The number of halogens is 1. The summed E-state index contributed by atoms with van der Waals surface area (Å²) in [5.41, 5.74) is 1.14. The van der Waals surface area contributed by atoms with E-state index in [0.29, 0.717) is 23.3 Å². The van der Waals surface area contributed by atoms with E-state index in [9.17, 15) is 14.3 Å². The van der Waals surface area contributed by atoms with E-state index < -0.39 is 11.4 Å². The molecule has 0 aliphatic carbocycles. The van der Waals surface area contributed by atoms with Crippen molar-refractivity contribution < 1.29 is 14.3 Å². The number of carbonyl (C=O) groups is 1. The summed E-state index contributed by atoms with van der Waals surface area (Å²) in [5, 5.41) is 13.5. The first-order chi connectivity index (χ1) is 17.4. The van der Waals surface area contributed by atoms with Gasteiger partial charge in [-0.3, -0.25) is 9.69 Å². The predicted octanol–water partition coefficient (Wildman–Crippen LogP) is 4.29. The van der Waals surface area contributed by atoms with Gasteiger partial charge in [-0.1, -0.05) is 0 Å². The highest BCUT2D eigenvalue weighted by molar-refractivity contribution is 6.01. The molecule has 0 unspecified atom stereocenters. The number of nitrogens with zero attached hydrogens (tertiary/aromatic N) is 5. The van der Waals surface area contributed by atoms with Crippen molar-refractivity contribution in [1.82, 2.24) is 19.8 Å². The molecule has 1 amide bonds. The van der Waals surface area contributed by atoms with Crippen LogP contribution in [0, 0.1) is 11.2 Å². The summed E-state index contributed by atoms with van der Waals surface area (Å²) < 4.78 is 14.3. The van der Waals surface area contributed by atoms with Gasteiger partial charge in [0.1, 0.15) is 17.8 Å². The summed E-state index contributed by atoms with van der Waals surface area (Å²) in [5.74, 6) is 0.113. The highest BCUT2D eigenvalue weighted by atomic mass is 19.1. The molecular weight excluding hydrogens is 471 g/mol. The molecule has 1 spiro atoms. The molecule has 0 radical (unpaired) electrons. The number of anilines is 3. The number of piperidine rings is 1. The molecule has 0 bridgehead atoms. The molecule has 37 heavy (non-hydrogen) atoms. The van der Waals surface area contributed by atoms with Crippen molar-refractivity contribution in [1.29, 1.82) is 0 Å². The zero-order chi connectivity index (χ0) is 27.0. The Morgan fingerprint density at radius 3 is 2.41 bits per heavy atom. The second-order valence-corrected chi connectivity index (χ2v) is 11.9. The molecule has 2 aliphatic heterocycles. The number of hydrogen-bond donors (Lipinski definition) is 2. The molecule has 2 saturated heterocycles. The molecule has 1 aromatic carbocycles. The lowest BCUT2D eigenvalue weighted by Crippen LogP contribution is -2.62. The third-order valence-corrected chi connectivity index (χ3v) is 7.37. The first-order valence-electron chi connectivity index (χ1n) is 13.3. The first-order valence-corrected chi connectivity index (χ1v) is 13.3. The van der Waals surface area contributed by atoms with Crippen LogP contribution in [-0.4, -0.2) is 81.2 Å². The van der Waals surface area contributed by atoms with E-state index in [1.54, 1.807) is 17.2 Å². The van der Waals surface area contributed by atoms with E-state index in [0.717, 1.165) is 44.8 Å². The Balaban J connectivity index is 1.50. The third-order valence-electron chi connectivity index (χ3n) is 7.37. The maximum atomic E-state index is 14.3. The van der Waals surface area contributed by atoms with Crippen LogP contribution in [0.5, 0.6) is 0 Å². The average Bonchev–Trinajstić information content (AvgIpc) is 2.78. The van der Waals surface area contributed by atoms with E-state index in [-0.39, 0.29) is 23.6 Å². The van der Waals surface area contributed by atoms with Crippen LogP contribution in [-0.2, 0) is 0 Å². The number of amides is 1. The Bertz CT molecular complexity index is 1090. The van der Waals surface area contributed by atoms with E-state index in [1.807, 2.05) is 41.5 Å². The number of aromatic nitrogens is 2. The highest BCUT2D eigenvalue weighted by Crippen LogP contribution is 2.42. The SMILES string of the molecule is CC(C)N(C(=O)c1cc(F)ccc1Nc1cncnc1N1CCC2(CC1)CN(CC(C)(C)O)C2)C(C)C. The maximum absolute atomic E-state index is 14.3. The van der Waals surface area contributed by atoms with Gasteiger partial charge in [-0.05, 0) is 78.0 Å². The number of hydrogen-bond acceptors (Lipinski definition) is 7. The van der Waals surface area contributed by atoms with Crippen molar-refractivity contribution >= 4 is 23.1 Å². The number of nitrogens with one attached hydrogen (secondary N) is 1. The van der Waals surface area contributed by atoms with E-state index in [1.165, 1.54) is 18.5 Å². The molecule has 0 saturated carbocycles. The Kier molecular flexibility index (Phi) is 7.76. The number of benzene rings is 1. The van der Waals surface area contributed by atoms with Crippen molar-refractivity contribution in [3.8, 4) is 0 Å². The molecule has 4 rings (SSSR count). The normalized spacial score (nSPS) is 17.8. The van der Waals surface area contributed by atoms with Gasteiger partial charge in [-0.2, -0.15) is 0 Å². The minimum absolute atomic E-state index is 0.0224. The third kappa shape index (κ3) is 6.21. The second-order valence-electron chi connectivity index (χ2n) is 11.9. The lowest BCUT2D eigenvalue weighted by Gasteiger charge is -2.55. The Labute approximate surface area is 219 Å². The molecule has 2 fully saturated rings. The minimum Gasteiger partial charge on any atom is -0.389 e. The summed E-state index contributed by atoms with van der Waals surface area (Å²) in [6.07, 6.45) is 5.35. The van der Waals surface area contributed by atoms with Gasteiger partial charge in [0.15, 0.2) is 5.82 Å². The predicted molar refractivity (Wildman–Crippen MR) is 145 cm³/mol. The van der Waals surface area contributed by atoms with Gasteiger partial charge in [0.2, 0.25) is 0 Å². The quantitative estimate of drug-likeness (QED) is 0.546. The molecule has 2 N–H and O–H groups in total. The van der Waals surface area contributed by atoms with E-state index in [2.05, 4.69) is 25.1 Å². The minimum atomic E-state index is -0.675. The standard InChI is InChI=1S/C28H41FN6O2/c1-19(2)35(20(3)4)26(36)22-13-21(29)7-8-23(22)32-24-14-30-18-31-25(24)34-11-9-28(10-12-34)16-33(17-28)15-27(5,6)37/h7-8,13-14,18-20,32,37H,9-12,15-17H2,1-6H3. The number of likely N-dealkylation sites (tertiary alicyclic amines) is 1. The molecule has 2 aliphatic rings. The summed E-state index contributed by atoms with van der Waals surface area (Å²) in [6, 6.07) is 4.22. The van der Waals surface area contributed by atoms with Crippen LogP contribution in [0.15, 0.2) is 30.7 Å². The molecule has 0 atom stereocenters. The van der Waals surface area contributed by atoms with Crippen LogP contribution < -0.4 is 10.2 Å². The number of rotatable bonds is 8. The zero-order valence-corrected chi connectivity index (χ0v) is 23.0. The van der Waals surface area contributed by atoms with Crippen molar-refractivity contribution in [2.75, 3.05) is 42.9 Å². The fraction of sp³-hybridized carbons (Fsp3) is 0.607. The first kappa shape index (κ1) is 27.3. The number of β-amino-alcohol motifs (C(OH)–C–C–N with tert-alkyl or cyclic N) is 1. The van der Waals surface area contributed by atoms with Gasteiger partial charge in [-0.25, -0.2) is 14.4 Å². The summed E-state index contributed by atoms with van der Waals surface area (Å²) >= 11 is 0. The molecule has 9 heteroatoms. The summed E-state index contributed by atoms with van der Waals surface area (Å²) in [6.45, 7) is 16.0. The molecule has 2 aromatic rings. The lowest BCUT2D eigenvalue weighted by molar-refractivity contribution is -0.0643. The molecule has 8 nitrogen and oxygen atoms in total.